The topological polar surface area (TPSA) is 82.1 Å². The zero-order valence-electron chi connectivity index (χ0n) is 20.1. The lowest BCUT2D eigenvalue weighted by Crippen LogP contribution is -2.43. The van der Waals surface area contributed by atoms with Crippen LogP contribution >= 0.6 is 0 Å². The Kier molecular flexibility index (Phi) is 7.54. The van der Waals surface area contributed by atoms with Gasteiger partial charge in [-0.3, -0.25) is 9.69 Å². The lowest BCUT2D eigenvalue weighted by atomic mass is 9.96. The summed E-state index contributed by atoms with van der Waals surface area (Å²) in [6.45, 7) is 2.95. The van der Waals surface area contributed by atoms with E-state index in [2.05, 4.69) is 4.90 Å². The SMILES string of the molecule is COc1ccc(C2=NN(C(=O)CN3CCOCC3)[C@H](c3cc(OC)ccc3OC)C2)c(OC)c1. The van der Waals surface area contributed by atoms with Gasteiger partial charge in [-0.15, -0.1) is 0 Å². The van der Waals surface area contributed by atoms with Crippen molar-refractivity contribution in [3.63, 3.8) is 0 Å². The minimum absolute atomic E-state index is 0.0840. The Morgan fingerprint density at radius 1 is 0.941 bits per heavy atom. The van der Waals surface area contributed by atoms with Gasteiger partial charge in [0.05, 0.1) is 60.0 Å². The number of carbonyl (C=O) groups excluding carboxylic acids is 1. The van der Waals surface area contributed by atoms with E-state index in [4.69, 9.17) is 28.8 Å². The molecule has 0 radical (unpaired) electrons. The predicted octanol–water partition coefficient (Wildman–Crippen LogP) is 2.73. The number of hydrazone groups is 1. The number of ether oxygens (including phenoxy) is 5. The summed E-state index contributed by atoms with van der Waals surface area (Å²) in [4.78, 5) is 15.6. The Balaban J connectivity index is 1.71. The lowest BCUT2D eigenvalue weighted by Gasteiger charge is -2.29. The summed E-state index contributed by atoms with van der Waals surface area (Å²) < 4.78 is 27.5. The van der Waals surface area contributed by atoms with Gasteiger partial charge in [0.1, 0.15) is 23.0 Å². The molecule has 1 fully saturated rings. The molecule has 1 atom stereocenters. The van der Waals surface area contributed by atoms with Crippen molar-refractivity contribution in [1.29, 1.82) is 0 Å². The molecule has 2 aliphatic rings. The first kappa shape index (κ1) is 23.8. The van der Waals surface area contributed by atoms with E-state index >= 15 is 0 Å². The number of amides is 1. The molecule has 0 bridgehead atoms. The molecule has 2 aromatic rings. The molecule has 0 N–H and O–H groups in total. The first-order valence-electron chi connectivity index (χ1n) is 11.2. The average Bonchev–Trinajstić information content (AvgIpc) is 3.33. The van der Waals surface area contributed by atoms with Gasteiger partial charge in [0.15, 0.2) is 0 Å². The Labute approximate surface area is 199 Å². The monoisotopic (exact) mass is 469 g/mol. The maximum Gasteiger partial charge on any atom is 0.257 e. The van der Waals surface area contributed by atoms with E-state index in [1.165, 1.54) is 0 Å². The number of morpholine rings is 1. The second kappa shape index (κ2) is 10.8. The molecule has 0 aromatic heterocycles. The summed E-state index contributed by atoms with van der Waals surface area (Å²) in [5, 5.41) is 6.38. The fraction of sp³-hybridized carbons (Fsp3) is 0.440. The molecule has 182 valence electrons. The van der Waals surface area contributed by atoms with Gasteiger partial charge in [-0.2, -0.15) is 5.10 Å². The fourth-order valence-corrected chi connectivity index (χ4v) is 4.31. The van der Waals surface area contributed by atoms with Crippen molar-refractivity contribution in [3.05, 3.63) is 47.5 Å². The van der Waals surface area contributed by atoms with Crippen molar-refractivity contribution in [2.45, 2.75) is 12.5 Å². The maximum absolute atomic E-state index is 13.5. The van der Waals surface area contributed by atoms with Crippen LogP contribution in [0.5, 0.6) is 23.0 Å². The van der Waals surface area contributed by atoms with Gasteiger partial charge in [0.2, 0.25) is 0 Å². The van der Waals surface area contributed by atoms with Gasteiger partial charge >= 0.3 is 0 Å². The minimum Gasteiger partial charge on any atom is -0.497 e. The Morgan fingerprint density at radius 3 is 2.29 bits per heavy atom. The molecule has 9 heteroatoms. The highest BCUT2D eigenvalue weighted by atomic mass is 16.5. The summed E-state index contributed by atoms with van der Waals surface area (Å²) in [5.74, 6) is 2.60. The molecule has 0 spiro atoms. The van der Waals surface area contributed by atoms with Gasteiger partial charge in [0, 0.05) is 36.7 Å². The van der Waals surface area contributed by atoms with Crippen molar-refractivity contribution in [3.8, 4) is 23.0 Å². The molecule has 9 nitrogen and oxygen atoms in total. The van der Waals surface area contributed by atoms with Crippen LogP contribution in [0.1, 0.15) is 23.6 Å². The molecule has 1 amide bonds. The van der Waals surface area contributed by atoms with Crippen LogP contribution in [0.15, 0.2) is 41.5 Å². The van der Waals surface area contributed by atoms with Gasteiger partial charge < -0.3 is 23.7 Å². The first-order valence-corrected chi connectivity index (χ1v) is 11.2. The summed E-state index contributed by atoms with van der Waals surface area (Å²) >= 11 is 0. The van der Waals surface area contributed by atoms with Crippen molar-refractivity contribution in [2.75, 3.05) is 61.3 Å². The number of nitrogens with zero attached hydrogens (tertiary/aromatic N) is 3. The normalized spacial score (nSPS) is 18.4. The molecule has 4 rings (SSSR count). The van der Waals surface area contributed by atoms with Crippen molar-refractivity contribution >= 4 is 11.6 Å². The van der Waals surface area contributed by atoms with Crippen LogP contribution in [-0.4, -0.2) is 82.8 Å². The second-order valence-corrected chi connectivity index (χ2v) is 8.07. The zero-order chi connectivity index (χ0) is 24.1. The Hall–Kier alpha value is -3.30. The molecule has 0 unspecified atom stereocenters. The molecule has 2 heterocycles. The summed E-state index contributed by atoms with van der Waals surface area (Å²) in [6.07, 6.45) is 0.501. The average molecular weight is 470 g/mol. The molecule has 34 heavy (non-hydrogen) atoms. The van der Waals surface area contributed by atoms with Crippen LogP contribution in [0.4, 0.5) is 0 Å². The highest BCUT2D eigenvalue weighted by molar-refractivity contribution is 6.05. The van der Waals surface area contributed by atoms with Crippen molar-refractivity contribution in [1.82, 2.24) is 9.91 Å². The highest BCUT2D eigenvalue weighted by Crippen LogP contribution is 2.40. The number of hydrogen-bond donors (Lipinski definition) is 0. The lowest BCUT2D eigenvalue weighted by molar-refractivity contribution is -0.135. The minimum atomic E-state index is -0.347. The van der Waals surface area contributed by atoms with Gasteiger partial charge in [0.25, 0.3) is 5.91 Å². The summed E-state index contributed by atoms with van der Waals surface area (Å²) in [7, 11) is 6.45. The van der Waals surface area contributed by atoms with Crippen LogP contribution in [-0.2, 0) is 9.53 Å². The van der Waals surface area contributed by atoms with Crippen LogP contribution in [0, 0.1) is 0 Å². The number of methoxy groups -OCH3 is 4. The molecule has 0 saturated carbocycles. The third-order valence-corrected chi connectivity index (χ3v) is 6.14. The molecule has 2 aliphatic heterocycles. The number of benzene rings is 2. The molecule has 0 aliphatic carbocycles. The van der Waals surface area contributed by atoms with E-state index in [-0.39, 0.29) is 18.5 Å². The second-order valence-electron chi connectivity index (χ2n) is 8.07. The number of hydrogen-bond acceptors (Lipinski definition) is 8. The van der Waals surface area contributed by atoms with Gasteiger partial charge in [-0.1, -0.05) is 0 Å². The third kappa shape index (κ3) is 4.95. The molecule has 2 aromatic carbocycles. The Morgan fingerprint density at radius 2 is 1.62 bits per heavy atom. The largest absolute Gasteiger partial charge is 0.497 e. The van der Waals surface area contributed by atoms with Crippen LogP contribution in [0.2, 0.25) is 0 Å². The smallest absolute Gasteiger partial charge is 0.257 e. The van der Waals surface area contributed by atoms with E-state index in [0.29, 0.717) is 42.6 Å². The number of rotatable bonds is 8. The van der Waals surface area contributed by atoms with Crippen LogP contribution < -0.4 is 18.9 Å². The predicted molar refractivity (Wildman–Crippen MR) is 127 cm³/mol. The van der Waals surface area contributed by atoms with Gasteiger partial charge in [-0.05, 0) is 30.3 Å². The molecular weight excluding hydrogens is 438 g/mol. The van der Waals surface area contributed by atoms with Crippen LogP contribution in [0.3, 0.4) is 0 Å². The highest BCUT2D eigenvalue weighted by Gasteiger charge is 2.36. The number of carbonyl (C=O) groups is 1. The van der Waals surface area contributed by atoms with Gasteiger partial charge in [-0.25, -0.2) is 5.01 Å². The van der Waals surface area contributed by atoms with E-state index in [1.807, 2.05) is 36.4 Å². The van der Waals surface area contributed by atoms with E-state index in [1.54, 1.807) is 33.4 Å². The summed E-state index contributed by atoms with van der Waals surface area (Å²) in [6, 6.07) is 10.8. The molecular formula is C25H31N3O6. The quantitative estimate of drug-likeness (QED) is 0.588. The summed E-state index contributed by atoms with van der Waals surface area (Å²) in [5.41, 5.74) is 2.41. The Bertz CT molecular complexity index is 1050. The first-order chi connectivity index (χ1) is 16.6. The fourth-order valence-electron chi connectivity index (χ4n) is 4.31. The van der Waals surface area contributed by atoms with E-state index in [9.17, 15) is 4.79 Å². The standard InChI is InChI=1S/C25H31N3O6/c1-30-17-6-8-23(32-3)20(13-17)22-15-21(19-7-5-18(31-2)14-24(19)33-4)26-28(22)25(29)16-27-9-11-34-12-10-27/h5-8,13-14,22H,9-12,15-16H2,1-4H3/t22-/m0/s1. The zero-order valence-corrected chi connectivity index (χ0v) is 20.1. The van der Waals surface area contributed by atoms with Crippen LogP contribution in [0.25, 0.3) is 0 Å². The molecule has 1 saturated heterocycles. The van der Waals surface area contributed by atoms with E-state index in [0.717, 1.165) is 29.9 Å². The van der Waals surface area contributed by atoms with E-state index < -0.39 is 0 Å². The van der Waals surface area contributed by atoms with Crippen molar-refractivity contribution < 1.29 is 28.5 Å². The third-order valence-electron chi connectivity index (χ3n) is 6.14. The van der Waals surface area contributed by atoms with Crippen molar-refractivity contribution in [2.24, 2.45) is 5.10 Å². The maximum atomic E-state index is 13.5.